The highest BCUT2D eigenvalue weighted by atomic mass is 16.1. The average Bonchev–Trinajstić information content (AvgIpc) is 3.42. The average molecular weight is 341 g/mol. The summed E-state index contributed by atoms with van der Waals surface area (Å²) >= 11 is 0. The molecule has 0 saturated heterocycles. The highest BCUT2D eigenvalue weighted by Crippen LogP contribution is 2.38. The molecule has 0 radical (unpaired) electrons. The monoisotopic (exact) mass is 341 g/mol. The minimum Gasteiger partial charge on any atom is -0.347 e. The third kappa shape index (κ3) is 5.45. The summed E-state index contributed by atoms with van der Waals surface area (Å²) in [7, 11) is 0. The summed E-state index contributed by atoms with van der Waals surface area (Å²) in [4.78, 5) is 18.6. The Hall–Kier alpha value is -2.10. The van der Waals surface area contributed by atoms with Crippen molar-refractivity contribution in [2.24, 2.45) is 4.99 Å². The van der Waals surface area contributed by atoms with E-state index in [1.165, 1.54) is 37.7 Å². The number of aryl methyl sites for hydroxylation is 1. The lowest BCUT2D eigenvalue weighted by Crippen LogP contribution is -2.28. The van der Waals surface area contributed by atoms with E-state index in [2.05, 4.69) is 53.6 Å². The third-order valence-corrected chi connectivity index (χ3v) is 4.60. The molecule has 0 aromatic heterocycles. The fourth-order valence-corrected chi connectivity index (χ4v) is 3.02. The van der Waals surface area contributed by atoms with E-state index >= 15 is 0 Å². The Morgan fingerprint density at radius 3 is 2.68 bits per heavy atom. The molecule has 0 atom stereocenters. The number of anilines is 2. The van der Waals surface area contributed by atoms with Crippen LogP contribution in [0.4, 0.5) is 11.4 Å². The van der Waals surface area contributed by atoms with Crippen molar-refractivity contribution in [1.29, 1.82) is 0 Å². The van der Waals surface area contributed by atoms with Gasteiger partial charge in [0.1, 0.15) is 6.67 Å². The first kappa shape index (κ1) is 19.2. The van der Waals surface area contributed by atoms with Crippen LogP contribution >= 0.6 is 0 Å². The van der Waals surface area contributed by atoms with Crippen LogP contribution in [-0.4, -0.2) is 25.3 Å². The fraction of sp³-hybridized carbons (Fsp3) is 0.524. The van der Waals surface area contributed by atoms with Gasteiger partial charge < -0.3 is 10.2 Å². The highest BCUT2D eigenvalue weighted by molar-refractivity contribution is 6.05. The molecule has 1 saturated carbocycles. The number of nitrogens with one attached hydrogen (secondary N) is 1. The fourth-order valence-electron chi connectivity index (χ4n) is 3.02. The maximum absolute atomic E-state index is 12.3. The van der Waals surface area contributed by atoms with E-state index in [-0.39, 0.29) is 5.91 Å². The standard InChI is InChI=1S/C21H31N3O/c1-5-6-7-8-10-17-11-9-12-19(20(17)23-21(25)16(2)3)24(15-22-4)18-13-14-18/h9,11-12,18H,2,4-8,10,13-15H2,1,3H3,(H,23,25). The van der Waals surface area contributed by atoms with Crippen LogP contribution < -0.4 is 10.2 Å². The molecule has 2 rings (SSSR count). The van der Waals surface area contributed by atoms with E-state index in [4.69, 9.17) is 0 Å². The zero-order valence-electron chi connectivity index (χ0n) is 15.7. The van der Waals surface area contributed by atoms with E-state index in [0.29, 0.717) is 18.3 Å². The highest BCUT2D eigenvalue weighted by Gasteiger charge is 2.31. The number of unbranched alkanes of at least 4 members (excludes halogenated alkanes) is 3. The number of carbonyl (C=O) groups excluding carboxylic acids is 1. The first-order valence-electron chi connectivity index (χ1n) is 9.36. The Balaban J connectivity index is 2.30. The molecule has 4 nitrogen and oxygen atoms in total. The van der Waals surface area contributed by atoms with Crippen molar-refractivity contribution < 1.29 is 4.79 Å². The van der Waals surface area contributed by atoms with E-state index in [1.54, 1.807) is 6.92 Å². The van der Waals surface area contributed by atoms with Crippen LogP contribution in [0.5, 0.6) is 0 Å². The summed E-state index contributed by atoms with van der Waals surface area (Å²) in [5.41, 5.74) is 3.68. The molecule has 4 heteroatoms. The number of hydrogen-bond acceptors (Lipinski definition) is 3. The van der Waals surface area contributed by atoms with Crippen molar-refractivity contribution in [2.75, 3.05) is 16.9 Å². The van der Waals surface area contributed by atoms with E-state index in [0.717, 1.165) is 24.2 Å². The maximum Gasteiger partial charge on any atom is 0.250 e. The Kier molecular flexibility index (Phi) is 7.23. The summed E-state index contributed by atoms with van der Waals surface area (Å²) in [5.74, 6) is -0.121. The molecule has 1 aliphatic carbocycles. The van der Waals surface area contributed by atoms with Gasteiger partial charge in [0.2, 0.25) is 0 Å². The second kappa shape index (κ2) is 9.40. The number of nitrogens with zero attached hydrogens (tertiary/aromatic N) is 2. The SMILES string of the molecule is C=NCN(c1cccc(CCCCCC)c1NC(=O)C(=C)C)C1CC1. The van der Waals surface area contributed by atoms with Gasteiger partial charge in [-0.1, -0.05) is 44.9 Å². The predicted molar refractivity (Wildman–Crippen MR) is 108 cm³/mol. The van der Waals surface area contributed by atoms with Crippen LogP contribution in [0.2, 0.25) is 0 Å². The van der Waals surface area contributed by atoms with Crippen molar-refractivity contribution in [1.82, 2.24) is 0 Å². The van der Waals surface area contributed by atoms with Crippen LogP contribution in [0.15, 0.2) is 35.3 Å². The quantitative estimate of drug-likeness (QED) is 0.351. The summed E-state index contributed by atoms with van der Waals surface area (Å²) in [6.45, 7) is 11.9. The molecule has 1 amide bonds. The molecule has 0 bridgehead atoms. The van der Waals surface area contributed by atoms with Crippen molar-refractivity contribution >= 4 is 24.0 Å². The molecule has 0 heterocycles. The third-order valence-electron chi connectivity index (χ3n) is 4.60. The van der Waals surface area contributed by atoms with Gasteiger partial charge in [-0.15, -0.1) is 0 Å². The zero-order chi connectivity index (χ0) is 18.2. The molecule has 1 aromatic rings. The first-order valence-corrected chi connectivity index (χ1v) is 9.36. The molecular formula is C21H31N3O. The lowest BCUT2D eigenvalue weighted by atomic mass is 10.0. The Morgan fingerprint density at radius 1 is 1.32 bits per heavy atom. The van der Waals surface area contributed by atoms with Gasteiger partial charge in [0.15, 0.2) is 0 Å². The van der Waals surface area contributed by atoms with Gasteiger partial charge in [0, 0.05) is 11.6 Å². The van der Waals surface area contributed by atoms with Gasteiger partial charge in [0.05, 0.1) is 11.4 Å². The molecule has 1 N–H and O–H groups in total. The largest absolute Gasteiger partial charge is 0.347 e. The molecule has 0 spiro atoms. The van der Waals surface area contributed by atoms with Gasteiger partial charge in [0.25, 0.3) is 5.91 Å². The number of hydrogen-bond donors (Lipinski definition) is 1. The minimum absolute atomic E-state index is 0.121. The topological polar surface area (TPSA) is 44.7 Å². The van der Waals surface area contributed by atoms with Gasteiger partial charge in [-0.2, -0.15) is 0 Å². The molecule has 1 aromatic carbocycles. The molecule has 1 fully saturated rings. The van der Waals surface area contributed by atoms with Gasteiger partial charge in [-0.3, -0.25) is 9.79 Å². The van der Waals surface area contributed by atoms with Crippen LogP contribution in [0.1, 0.15) is 57.9 Å². The van der Waals surface area contributed by atoms with Crippen LogP contribution in [0, 0.1) is 0 Å². The lowest BCUT2D eigenvalue weighted by molar-refractivity contribution is -0.112. The van der Waals surface area contributed by atoms with Crippen molar-refractivity contribution in [2.45, 2.75) is 64.8 Å². The molecule has 0 aliphatic heterocycles. The second-order valence-corrected chi connectivity index (χ2v) is 6.92. The number of benzene rings is 1. The molecule has 0 unspecified atom stereocenters. The molecule has 1 aliphatic rings. The normalized spacial score (nSPS) is 13.4. The summed E-state index contributed by atoms with van der Waals surface area (Å²) in [6, 6.07) is 6.78. The molecule has 25 heavy (non-hydrogen) atoms. The zero-order valence-corrected chi connectivity index (χ0v) is 15.7. The predicted octanol–water partition coefficient (Wildman–Crippen LogP) is 4.95. The second-order valence-electron chi connectivity index (χ2n) is 6.92. The summed E-state index contributed by atoms with van der Waals surface area (Å²) < 4.78 is 0. The number of carbonyl (C=O) groups is 1. The van der Waals surface area contributed by atoms with Crippen molar-refractivity contribution in [3.63, 3.8) is 0 Å². The number of rotatable bonds is 11. The maximum atomic E-state index is 12.3. The summed E-state index contributed by atoms with van der Waals surface area (Å²) in [6.07, 6.45) is 8.14. The smallest absolute Gasteiger partial charge is 0.250 e. The Labute approximate surface area is 152 Å². The van der Waals surface area contributed by atoms with Gasteiger partial charge in [-0.05, 0) is 51.0 Å². The Bertz CT molecular complexity index is 620. The number of aliphatic imine (C=N–C) groups is 1. The van der Waals surface area contributed by atoms with Crippen LogP contribution in [0.3, 0.4) is 0 Å². The minimum atomic E-state index is -0.121. The van der Waals surface area contributed by atoms with Crippen LogP contribution in [0.25, 0.3) is 0 Å². The van der Waals surface area contributed by atoms with Crippen molar-refractivity contribution in [3.8, 4) is 0 Å². The summed E-state index contributed by atoms with van der Waals surface area (Å²) in [5, 5.41) is 3.10. The molecule has 136 valence electrons. The van der Waals surface area contributed by atoms with Crippen LogP contribution in [-0.2, 0) is 11.2 Å². The molecular weight excluding hydrogens is 310 g/mol. The van der Waals surface area contributed by atoms with Gasteiger partial charge in [-0.25, -0.2) is 0 Å². The first-order chi connectivity index (χ1) is 12.1. The lowest BCUT2D eigenvalue weighted by Gasteiger charge is -2.27. The van der Waals surface area contributed by atoms with Gasteiger partial charge >= 0.3 is 0 Å². The number of amides is 1. The van der Waals surface area contributed by atoms with E-state index < -0.39 is 0 Å². The van der Waals surface area contributed by atoms with E-state index in [1.807, 2.05) is 0 Å². The van der Waals surface area contributed by atoms with E-state index in [9.17, 15) is 4.79 Å². The Morgan fingerprint density at radius 2 is 2.08 bits per heavy atom. The van der Waals surface area contributed by atoms with Crippen molar-refractivity contribution in [3.05, 3.63) is 35.9 Å². The number of para-hydroxylation sites is 1.